The van der Waals surface area contributed by atoms with Crippen molar-refractivity contribution in [3.8, 4) is 0 Å². The van der Waals surface area contributed by atoms with Crippen LogP contribution in [0.4, 0.5) is 0 Å². The van der Waals surface area contributed by atoms with Crippen molar-refractivity contribution in [2.45, 2.75) is 96.1 Å². The lowest BCUT2D eigenvalue weighted by molar-refractivity contribution is -0.143. The number of likely N-dealkylation sites (tertiary alicyclic amines) is 1. The van der Waals surface area contributed by atoms with Crippen LogP contribution >= 0.6 is 0 Å². The van der Waals surface area contributed by atoms with Crippen LogP contribution in [0.25, 0.3) is 0 Å². The molecule has 16 nitrogen and oxygen atoms in total. The molecule has 2 unspecified atom stereocenters. The molecule has 3 heterocycles. The van der Waals surface area contributed by atoms with Gasteiger partial charge in [0.2, 0.25) is 11.8 Å². The Balaban J connectivity index is 1.38. The lowest BCUT2D eigenvalue weighted by Crippen LogP contribution is -2.56. The molecule has 0 bridgehead atoms. The van der Waals surface area contributed by atoms with E-state index in [1.165, 1.54) is 29.0 Å². The molecule has 0 aliphatic carbocycles. The van der Waals surface area contributed by atoms with Crippen molar-refractivity contribution in [3.63, 3.8) is 0 Å². The average molecular weight is 696 g/mol. The molecule has 3 aromatic rings. The fourth-order valence-corrected chi connectivity index (χ4v) is 6.09. The van der Waals surface area contributed by atoms with Gasteiger partial charge in [0.15, 0.2) is 11.6 Å². The van der Waals surface area contributed by atoms with Crippen molar-refractivity contribution in [2.24, 2.45) is 0 Å². The Labute approximate surface area is 285 Å². The molecule has 1 aliphatic rings. The summed E-state index contributed by atoms with van der Waals surface area (Å²) in [6, 6.07) is 6.99. The van der Waals surface area contributed by atoms with E-state index < -0.39 is 62.1 Å². The van der Waals surface area contributed by atoms with E-state index in [0.29, 0.717) is 38.1 Å². The third-order valence-corrected chi connectivity index (χ3v) is 9.95. The number of hydrogen-bond donors (Lipinski definition) is 3. The fraction of sp³-hybridized carbons (Fsp3) is 0.531. The van der Waals surface area contributed by atoms with Crippen molar-refractivity contribution < 1.29 is 33.8 Å². The third kappa shape index (κ3) is 10.9. The van der Waals surface area contributed by atoms with Crippen LogP contribution in [0.1, 0.15) is 54.5 Å². The first kappa shape index (κ1) is 37.1. The predicted molar refractivity (Wildman–Crippen MR) is 179 cm³/mol. The van der Waals surface area contributed by atoms with Crippen LogP contribution in [0, 0.1) is 0 Å². The summed E-state index contributed by atoms with van der Waals surface area (Å²) in [5.41, 5.74) is 1.16. The molecule has 1 aromatic carbocycles. The summed E-state index contributed by atoms with van der Waals surface area (Å²) in [6.07, 6.45) is 4.15. The smallest absolute Gasteiger partial charge is 0.305 e. The molecule has 3 N–H and O–H groups in total. The number of nitrogens with zero attached hydrogens (tertiary/aromatic N) is 7. The molecule has 0 spiro atoms. The van der Waals surface area contributed by atoms with Crippen LogP contribution in [-0.4, -0.2) is 109 Å². The number of imidazole rings is 1. The molecule has 0 saturated carbocycles. The topological polar surface area (TPSA) is 204 Å². The summed E-state index contributed by atoms with van der Waals surface area (Å²) >= 11 is 0. The van der Waals surface area contributed by atoms with Gasteiger partial charge in [-0.15, -0.1) is 5.10 Å². The van der Waals surface area contributed by atoms with Gasteiger partial charge in [0.05, 0.1) is 25.0 Å². The van der Waals surface area contributed by atoms with Gasteiger partial charge in [0, 0.05) is 27.6 Å². The van der Waals surface area contributed by atoms with Gasteiger partial charge in [-0.1, -0.05) is 50.0 Å². The normalized spacial score (nSPS) is 16.4. The van der Waals surface area contributed by atoms with Gasteiger partial charge < -0.3 is 29.9 Å². The first-order chi connectivity index (χ1) is 23.3. The molecule has 2 aromatic heterocycles. The van der Waals surface area contributed by atoms with Gasteiger partial charge in [0.1, 0.15) is 31.1 Å². The Morgan fingerprint density at radius 2 is 1.88 bits per heavy atom. The van der Waals surface area contributed by atoms with E-state index in [4.69, 9.17) is 4.74 Å². The Kier molecular flexibility index (Phi) is 12.9. The number of hydrogen-bond acceptors (Lipinski definition) is 10. The number of amides is 3. The SMILES string of the molecule is CC(C(=O)NC(CC(=O)O)C(=O)Cn1nnnc1Cc1ccccc1)N1CCCC[C@H](NC(=O)c2cncn2COCC[Si](C)(C)C)C1=O. The van der Waals surface area contributed by atoms with E-state index in [1.807, 2.05) is 30.3 Å². The molecule has 3 amide bonds. The summed E-state index contributed by atoms with van der Waals surface area (Å²) in [4.78, 5) is 70.8. The first-order valence-electron chi connectivity index (χ1n) is 16.4. The molecule has 1 saturated heterocycles. The summed E-state index contributed by atoms with van der Waals surface area (Å²) < 4.78 is 8.62. The van der Waals surface area contributed by atoms with Gasteiger partial charge >= 0.3 is 5.97 Å². The van der Waals surface area contributed by atoms with Crippen molar-refractivity contribution in [2.75, 3.05) is 13.2 Å². The number of carboxylic acid groups (broad SMARTS) is 1. The highest BCUT2D eigenvalue weighted by Gasteiger charge is 2.36. The van der Waals surface area contributed by atoms with E-state index in [2.05, 4.69) is 50.8 Å². The minimum atomic E-state index is -1.40. The summed E-state index contributed by atoms with van der Waals surface area (Å²) in [5.74, 6) is -3.15. The number of carbonyl (C=O) groups excluding carboxylic acids is 4. The Bertz CT molecular complexity index is 1610. The predicted octanol–water partition coefficient (Wildman–Crippen LogP) is 1.50. The molecule has 0 radical (unpaired) electrons. The molecule has 4 rings (SSSR count). The number of ether oxygens (including phenoxy) is 1. The van der Waals surface area contributed by atoms with Crippen molar-refractivity contribution in [1.29, 1.82) is 0 Å². The van der Waals surface area contributed by atoms with Crippen molar-refractivity contribution in [1.82, 2.24) is 45.3 Å². The lowest BCUT2D eigenvalue weighted by atomic mass is 10.1. The van der Waals surface area contributed by atoms with Crippen LogP contribution in [0.15, 0.2) is 42.9 Å². The Hall–Kier alpha value is -4.77. The minimum absolute atomic E-state index is 0.146. The van der Waals surface area contributed by atoms with E-state index in [1.54, 1.807) is 4.57 Å². The molecule has 264 valence electrons. The zero-order valence-electron chi connectivity index (χ0n) is 28.4. The second-order valence-electron chi connectivity index (χ2n) is 13.4. The highest BCUT2D eigenvalue weighted by molar-refractivity contribution is 6.76. The number of ketones is 1. The largest absolute Gasteiger partial charge is 0.481 e. The zero-order chi connectivity index (χ0) is 35.6. The number of Topliss-reactive ketones (excluding diaryl/α,β-unsaturated/α-hetero) is 1. The number of aliphatic carboxylic acids is 1. The maximum absolute atomic E-state index is 13.7. The number of aromatic nitrogens is 6. The third-order valence-electron chi connectivity index (χ3n) is 8.25. The second kappa shape index (κ2) is 17.1. The minimum Gasteiger partial charge on any atom is -0.481 e. The number of benzene rings is 1. The molecule has 17 heteroatoms. The van der Waals surface area contributed by atoms with Crippen LogP contribution < -0.4 is 10.6 Å². The number of carboxylic acids is 1. The Morgan fingerprint density at radius 1 is 1.12 bits per heavy atom. The van der Waals surface area contributed by atoms with E-state index in [9.17, 15) is 29.1 Å². The fourth-order valence-electron chi connectivity index (χ4n) is 5.33. The van der Waals surface area contributed by atoms with Gasteiger partial charge in [-0.3, -0.25) is 24.0 Å². The standard InChI is InChI=1S/C32H45N9O7Si/c1-22(30(45)35-25(17-29(43)44)27(42)19-41-28(36-37-38-41)16-23-10-6-5-7-11-23)40-13-9-8-12-24(32(40)47)34-31(46)26-18-33-20-39(26)21-48-14-15-49(2,3)4/h5-7,10-11,18,20,22,24-25H,8-9,12-17,19,21H2,1-4H3,(H,34,46)(H,35,45)(H,43,44)/t22?,24-,25?/m0/s1. The summed E-state index contributed by atoms with van der Waals surface area (Å²) in [5, 5.41) is 26.4. The van der Waals surface area contributed by atoms with Gasteiger partial charge in [-0.25, -0.2) is 9.67 Å². The Morgan fingerprint density at radius 3 is 2.59 bits per heavy atom. The van der Waals surface area contributed by atoms with Gasteiger partial charge in [0.25, 0.3) is 5.91 Å². The van der Waals surface area contributed by atoms with Gasteiger partial charge in [-0.05, 0) is 48.2 Å². The van der Waals surface area contributed by atoms with Crippen LogP contribution in [0.2, 0.25) is 25.7 Å². The van der Waals surface area contributed by atoms with Crippen molar-refractivity contribution in [3.05, 3.63) is 59.9 Å². The highest BCUT2D eigenvalue weighted by atomic mass is 28.3. The second-order valence-corrected chi connectivity index (χ2v) is 19.0. The number of nitrogens with one attached hydrogen (secondary N) is 2. The highest BCUT2D eigenvalue weighted by Crippen LogP contribution is 2.17. The van der Waals surface area contributed by atoms with Gasteiger partial charge in [-0.2, -0.15) is 0 Å². The van der Waals surface area contributed by atoms with Crippen molar-refractivity contribution >= 4 is 37.5 Å². The monoisotopic (exact) mass is 695 g/mol. The van der Waals surface area contributed by atoms with Crippen LogP contribution in [-0.2, 0) is 43.6 Å². The lowest BCUT2D eigenvalue weighted by Gasteiger charge is -2.30. The van der Waals surface area contributed by atoms with E-state index >= 15 is 0 Å². The molecular weight excluding hydrogens is 650 g/mol. The molecule has 49 heavy (non-hydrogen) atoms. The summed E-state index contributed by atoms with van der Waals surface area (Å²) in [7, 11) is -1.28. The molecule has 1 aliphatic heterocycles. The van der Waals surface area contributed by atoms with E-state index in [0.717, 1.165) is 11.6 Å². The average Bonchev–Trinajstić information content (AvgIpc) is 3.66. The quantitative estimate of drug-likeness (QED) is 0.136. The van der Waals surface area contributed by atoms with Crippen LogP contribution in [0.5, 0.6) is 0 Å². The summed E-state index contributed by atoms with van der Waals surface area (Å²) in [6.45, 7) is 8.85. The number of carbonyl (C=O) groups is 5. The number of rotatable bonds is 17. The van der Waals surface area contributed by atoms with Crippen LogP contribution in [0.3, 0.4) is 0 Å². The molecule has 3 atom stereocenters. The maximum Gasteiger partial charge on any atom is 0.305 e. The first-order valence-corrected chi connectivity index (χ1v) is 20.1. The number of tetrazole rings is 1. The maximum atomic E-state index is 13.7. The zero-order valence-corrected chi connectivity index (χ0v) is 29.4. The van der Waals surface area contributed by atoms with E-state index in [-0.39, 0.29) is 25.5 Å². The molecular formula is C32H45N9O7Si. The molecule has 1 fully saturated rings.